The van der Waals surface area contributed by atoms with Crippen LogP contribution in [0, 0.1) is 0 Å². The molecule has 1 aromatic heterocycles. The molecule has 0 radical (unpaired) electrons. The van der Waals surface area contributed by atoms with Gasteiger partial charge in [0.25, 0.3) is 0 Å². The Balaban J connectivity index is 1.38. The summed E-state index contributed by atoms with van der Waals surface area (Å²) in [7, 11) is 0. The van der Waals surface area contributed by atoms with E-state index in [1.165, 1.54) is 37.0 Å². The number of fused-ring (bicyclic) bond motifs is 1. The first-order valence-electron chi connectivity index (χ1n) is 11.8. The number of nitrogens with zero attached hydrogens (tertiary/aromatic N) is 5. The van der Waals surface area contributed by atoms with Gasteiger partial charge in [0.05, 0.1) is 24.5 Å². The number of piperidine rings is 1. The molecular weight excluding hydrogens is 431 g/mol. The quantitative estimate of drug-likeness (QED) is 0.689. The van der Waals surface area contributed by atoms with Gasteiger partial charge in [0, 0.05) is 57.8 Å². The summed E-state index contributed by atoms with van der Waals surface area (Å²) < 4.78 is 44.2. The monoisotopic (exact) mass is 461 g/mol. The molecule has 4 heterocycles. The standard InChI is InChI=1S/C24H30F3N5O/c25-24(26,27)19-6-4-18(5-7-19)16-30-11-8-21-20(17-30)22(31-9-2-1-3-10-31)29-23(28-21)32-12-14-33-15-13-32/h4-7H,1-3,8-17H2. The maximum absolute atomic E-state index is 12.9. The minimum atomic E-state index is -4.30. The number of aromatic nitrogens is 2. The summed E-state index contributed by atoms with van der Waals surface area (Å²) in [6, 6.07) is 5.51. The third-order valence-corrected chi connectivity index (χ3v) is 6.74. The van der Waals surface area contributed by atoms with Crippen LogP contribution in [0.15, 0.2) is 24.3 Å². The summed E-state index contributed by atoms with van der Waals surface area (Å²) in [5.74, 6) is 1.84. The summed E-state index contributed by atoms with van der Waals surface area (Å²) in [4.78, 5) is 16.9. The normalized spacial score (nSPS) is 20.1. The minimum Gasteiger partial charge on any atom is -0.378 e. The van der Waals surface area contributed by atoms with Crippen molar-refractivity contribution in [1.29, 1.82) is 0 Å². The number of anilines is 2. The lowest BCUT2D eigenvalue weighted by molar-refractivity contribution is -0.137. The van der Waals surface area contributed by atoms with Crippen molar-refractivity contribution in [3.05, 3.63) is 46.6 Å². The highest BCUT2D eigenvalue weighted by Crippen LogP contribution is 2.32. The zero-order valence-electron chi connectivity index (χ0n) is 18.8. The van der Waals surface area contributed by atoms with Crippen LogP contribution in [0.4, 0.5) is 24.9 Å². The molecule has 6 nitrogen and oxygen atoms in total. The van der Waals surface area contributed by atoms with Crippen molar-refractivity contribution in [3.8, 4) is 0 Å². The molecule has 33 heavy (non-hydrogen) atoms. The molecular formula is C24H30F3N5O. The Morgan fingerprint density at radius 2 is 1.58 bits per heavy atom. The van der Waals surface area contributed by atoms with E-state index in [4.69, 9.17) is 14.7 Å². The lowest BCUT2D eigenvalue weighted by Gasteiger charge is -2.36. The van der Waals surface area contributed by atoms with Crippen LogP contribution in [0.3, 0.4) is 0 Å². The molecule has 3 aliphatic heterocycles. The van der Waals surface area contributed by atoms with Crippen molar-refractivity contribution in [2.75, 3.05) is 55.7 Å². The summed E-state index contributed by atoms with van der Waals surface area (Å²) in [6.45, 7) is 7.16. The molecule has 2 fully saturated rings. The number of ether oxygens (including phenoxy) is 1. The van der Waals surface area contributed by atoms with Crippen LogP contribution in [0.25, 0.3) is 0 Å². The van der Waals surface area contributed by atoms with Gasteiger partial charge in [-0.05, 0) is 37.0 Å². The Morgan fingerprint density at radius 1 is 0.848 bits per heavy atom. The highest BCUT2D eigenvalue weighted by Gasteiger charge is 2.31. The number of hydrogen-bond donors (Lipinski definition) is 0. The van der Waals surface area contributed by atoms with E-state index >= 15 is 0 Å². The Bertz CT molecular complexity index is 954. The van der Waals surface area contributed by atoms with E-state index in [0.29, 0.717) is 26.3 Å². The summed E-state index contributed by atoms with van der Waals surface area (Å²) in [6.07, 6.45) is 0.0974. The maximum Gasteiger partial charge on any atom is 0.416 e. The first-order chi connectivity index (χ1) is 16.0. The van der Waals surface area contributed by atoms with E-state index in [1.54, 1.807) is 12.1 Å². The molecule has 0 atom stereocenters. The van der Waals surface area contributed by atoms with Gasteiger partial charge in [0.2, 0.25) is 5.95 Å². The first kappa shape index (κ1) is 22.4. The topological polar surface area (TPSA) is 44.7 Å². The highest BCUT2D eigenvalue weighted by molar-refractivity contribution is 5.54. The zero-order chi connectivity index (χ0) is 22.8. The molecule has 0 saturated carbocycles. The first-order valence-corrected chi connectivity index (χ1v) is 11.8. The molecule has 2 aromatic rings. The average molecular weight is 462 g/mol. The third-order valence-electron chi connectivity index (χ3n) is 6.74. The molecule has 2 saturated heterocycles. The van der Waals surface area contributed by atoms with Gasteiger partial charge in [0.1, 0.15) is 5.82 Å². The third kappa shape index (κ3) is 5.09. The number of rotatable bonds is 4. The van der Waals surface area contributed by atoms with Crippen molar-refractivity contribution in [1.82, 2.24) is 14.9 Å². The minimum absolute atomic E-state index is 0.605. The van der Waals surface area contributed by atoms with Crippen molar-refractivity contribution in [2.24, 2.45) is 0 Å². The molecule has 0 N–H and O–H groups in total. The predicted octanol–water partition coefficient (Wildman–Crippen LogP) is 3.88. The van der Waals surface area contributed by atoms with Gasteiger partial charge in [-0.1, -0.05) is 12.1 Å². The van der Waals surface area contributed by atoms with Crippen LogP contribution in [0.5, 0.6) is 0 Å². The SMILES string of the molecule is FC(F)(F)c1ccc(CN2CCc3nc(N4CCOCC4)nc(N4CCCCC4)c3C2)cc1. The molecule has 0 amide bonds. The Hall–Kier alpha value is -2.39. The molecule has 5 rings (SSSR count). The second-order valence-corrected chi connectivity index (χ2v) is 9.07. The van der Waals surface area contributed by atoms with Gasteiger partial charge < -0.3 is 14.5 Å². The van der Waals surface area contributed by atoms with Crippen LogP contribution >= 0.6 is 0 Å². The van der Waals surface area contributed by atoms with E-state index in [0.717, 1.165) is 62.2 Å². The largest absolute Gasteiger partial charge is 0.416 e. The van der Waals surface area contributed by atoms with Crippen LogP contribution < -0.4 is 9.80 Å². The van der Waals surface area contributed by atoms with Crippen molar-refractivity contribution < 1.29 is 17.9 Å². The fourth-order valence-electron chi connectivity index (χ4n) is 4.90. The maximum atomic E-state index is 12.9. The predicted molar refractivity (Wildman–Crippen MR) is 120 cm³/mol. The van der Waals surface area contributed by atoms with Gasteiger partial charge in [-0.2, -0.15) is 18.2 Å². The van der Waals surface area contributed by atoms with E-state index in [1.807, 2.05) is 0 Å². The van der Waals surface area contributed by atoms with E-state index < -0.39 is 11.7 Å². The van der Waals surface area contributed by atoms with Gasteiger partial charge in [0.15, 0.2) is 0 Å². The molecule has 178 valence electrons. The van der Waals surface area contributed by atoms with Gasteiger partial charge in [-0.25, -0.2) is 4.98 Å². The molecule has 0 unspecified atom stereocenters. The fourth-order valence-corrected chi connectivity index (χ4v) is 4.90. The average Bonchev–Trinajstić information content (AvgIpc) is 2.84. The van der Waals surface area contributed by atoms with Gasteiger partial charge in [-0.15, -0.1) is 0 Å². The van der Waals surface area contributed by atoms with Crippen LogP contribution in [-0.2, 0) is 30.4 Å². The van der Waals surface area contributed by atoms with Crippen molar-refractivity contribution >= 4 is 11.8 Å². The molecule has 9 heteroatoms. The van der Waals surface area contributed by atoms with Crippen LogP contribution in [0.2, 0.25) is 0 Å². The Kier molecular flexibility index (Phi) is 6.42. The summed E-state index contributed by atoms with van der Waals surface area (Å²) in [5.41, 5.74) is 2.56. The molecule has 0 bridgehead atoms. The Labute approximate surface area is 192 Å². The molecule has 1 aromatic carbocycles. The number of benzene rings is 1. The highest BCUT2D eigenvalue weighted by atomic mass is 19.4. The molecule has 3 aliphatic rings. The molecule has 0 aliphatic carbocycles. The van der Waals surface area contributed by atoms with E-state index in [9.17, 15) is 13.2 Å². The smallest absolute Gasteiger partial charge is 0.378 e. The lowest BCUT2D eigenvalue weighted by atomic mass is 10.0. The van der Waals surface area contributed by atoms with Crippen LogP contribution in [-0.4, -0.2) is 60.8 Å². The number of alkyl halides is 3. The summed E-state index contributed by atoms with van der Waals surface area (Å²) >= 11 is 0. The number of hydrogen-bond acceptors (Lipinski definition) is 6. The van der Waals surface area contributed by atoms with Gasteiger partial charge in [-0.3, -0.25) is 4.90 Å². The van der Waals surface area contributed by atoms with E-state index in [-0.39, 0.29) is 0 Å². The van der Waals surface area contributed by atoms with E-state index in [2.05, 4.69) is 14.7 Å². The Morgan fingerprint density at radius 3 is 2.27 bits per heavy atom. The lowest BCUT2D eigenvalue weighted by Crippen LogP contribution is -2.40. The van der Waals surface area contributed by atoms with Crippen LogP contribution in [0.1, 0.15) is 41.6 Å². The van der Waals surface area contributed by atoms with Crippen molar-refractivity contribution in [2.45, 2.75) is 44.9 Å². The molecule has 0 spiro atoms. The van der Waals surface area contributed by atoms with Gasteiger partial charge >= 0.3 is 6.18 Å². The number of halogens is 3. The second-order valence-electron chi connectivity index (χ2n) is 9.07. The zero-order valence-corrected chi connectivity index (χ0v) is 18.8. The summed E-state index contributed by atoms with van der Waals surface area (Å²) in [5, 5.41) is 0. The fraction of sp³-hybridized carbons (Fsp3) is 0.583. The number of morpholine rings is 1. The van der Waals surface area contributed by atoms with Crippen molar-refractivity contribution in [3.63, 3.8) is 0 Å². The second kappa shape index (κ2) is 9.46.